The second kappa shape index (κ2) is 76.4. The number of esters is 4. The van der Waals surface area contributed by atoms with Crippen molar-refractivity contribution in [1.82, 2.24) is 0 Å². The molecular formula is C85H166O17P2. The SMILES string of the molecule is CCCCCCCCCCCCCCCCC(=O)O[C@H](COC(=O)CCCCCCCCCCCCCC)COP(=O)(O)OC[C@H](O)COP(=O)(O)OC[C@@H](COC(=O)CCCCCCCCCCCCCCCC(C)C)OC(=O)CCCCCCCCCCCCCCCCCCCCC(C)CC. The van der Waals surface area contributed by atoms with Crippen molar-refractivity contribution in [2.45, 2.75) is 471 Å². The van der Waals surface area contributed by atoms with E-state index in [1.54, 1.807) is 0 Å². The molecule has 0 heterocycles. The van der Waals surface area contributed by atoms with E-state index in [-0.39, 0.29) is 25.7 Å². The van der Waals surface area contributed by atoms with Gasteiger partial charge in [-0.1, -0.05) is 401 Å². The number of carbonyl (C=O) groups excluding carboxylic acids is 4. The standard InChI is InChI=1S/C85H166O17P2/c1-7-10-12-14-16-18-20-22-32-39-45-51-57-63-69-84(89)101-80(73-95-82(87)67-61-55-49-43-37-21-19-17-15-13-11-8-2)75-99-103(91,92)97-71-79(86)72-98-104(93,94)100-76-81(74-96-83(88)68-62-56-50-44-38-34-29-30-35-41-47-53-59-65-77(4)5)102-85(90)70-64-58-52-46-40-33-28-26-24-23-25-27-31-36-42-48-54-60-66-78(6)9-3/h77-81,86H,7-76H2,1-6H3,(H,91,92)(H,93,94)/t78?,79-,80+,81+/m0/s1. The first-order valence-corrected chi connectivity index (χ1v) is 47.0. The molecule has 0 rings (SSSR count). The molecule has 104 heavy (non-hydrogen) atoms. The van der Waals surface area contributed by atoms with Crippen molar-refractivity contribution >= 4 is 39.5 Å². The predicted octanol–water partition coefficient (Wildman–Crippen LogP) is 25.8. The lowest BCUT2D eigenvalue weighted by Crippen LogP contribution is -2.30. The summed E-state index contributed by atoms with van der Waals surface area (Å²) in [5.74, 6) is -0.439. The van der Waals surface area contributed by atoms with Crippen molar-refractivity contribution < 1.29 is 80.2 Å². The number of unbranched alkanes of at least 4 members (excludes halogenated alkanes) is 53. The van der Waals surface area contributed by atoms with Crippen LogP contribution in [0.25, 0.3) is 0 Å². The lowest BCUT2D eigenvalue weighted by molar-refractivity contribution is -0.161. The third-order valence-corrected chi connectivity index (χ3v) is 22.2. The highest BCUT2D eigenvalue weighted by atomic mass is 31.2. The highest BCUT2D eigenvalue weighted by Crippen LogP contribution is 2.45. The quantitative estimate of drug-likeness (QED) is 0.0222. The van der Waals surface area contributed by atoms with Crippen LogP contribution in [0.1, 0.15) is 452 Å². The van der Waals surface area contributed by atoms with E-state index >= 15 is 0 Å². The number of hydrogen-bond donors (Lipinski definition) is 3. The van der Waals surface area contributed by atoms with E-state index in [9.17, 15) is 43.2 Å². The fraction of sp³-hybridized carbons (Fsp3) is 0.953. The molecule has 19 heteroatoms. The summed E-state index contributed by atoms with van der Waals surface area (Å²) in [6, 6.07) is 0. The molecule has 0 aromatic carbocycles. The first kappa shape index (κ1) is 102. The van der Waals surface area contributed by atoms with Gasteiger partial charge in [0.05, 0.1) is 26.4 Å². The molecule has 6 atom stereocenters. The first-order chi connectivity index (χ1) is 50.4. The third kappa shape index (κ3) is 76.8. The Labute approximate surface area is 638 Å². The molecule has 0 aliphatic carbocycles. The Bertz CT molecular complexity index is 2000. The fourth-order valence-electron chi connectivity index (χ4n) is 13.2. The van der Waals surface area contributed by atoms with Gasteiger partial charge in [-0.25, -0.2) is 9.13 Å². The van der Waals surface area contributed by atoms with Crippen LogP contribution in [0, 0.1) is 11.8 Å². The molecule has 0 spiro atoms. The molecule has 0 aliphatic heterocycles. The molecule has 3 N–H and O–H groups in total. The summed E-state index contributed by atoms with van der Waals surface area (Å²) in [5.41, 5.74) is 0. The molecular weight excluding hydrogens is 1350 g/mol. The van der Waals surface area contributed by atoms with Gasteiger partial charge in [0.2, 0.25) is 0 Å². The minimum atomic E-state index is -4.97. The van der Waals surface area contributed by atoms with Crippen molar-refractivity contribution in [1.29, 1.82) is 0 Å². The third-order valence-electron chi connectivity index (χ3n) is 20.3. The van der Waals surface area contributed by atoms with Crippen LogP contribution in [0.4, 0.5) is 0 Å². The maximum absolute atomic E-state index is 13.1. The summed E-state index contributed by atoms with van der Waals surface area (Å²) in [6.07, 6.45) is 67.8. The first-order valence-electron chi connectivity index (χ1n) is 44.0. The minimum Gasteiger partial charge on any atom is -0.462 e. The van der Waals surface area contributed by atoms with Gasteiger partial charge in [-0.2, -0.15) is 0 Å². The smallest absolute Gasteiger partial charge is 0.462 e. The van der Waals surface area contributed by atoms with Crippen LogP contribution >= 0.6 is 15.6 Å². The summed E-state index contributed by atoms with van der Waals surface area (Å²) in [7, 11) is -9.93. The second-order valence-corrected chi connectivity index (χ2v) is 34.2. The fourth-order valence-corrected chi connectivity index (χ4v) is 14.8. The van der Waals surface area contributed by atoms with Gasteiger partial charge in [0.15, 0.2) is 12.2 Å². The lowest BCUT2D eigenvalue weighted by atomic mass is 9.99. The van der Waals surface area contributed by atoms with E-state index in [4.69, 9.17) is 37.0 Å². The molecule has 0 fully saturated rings. The molecule has 0 aromatic heterocycles. The number of ether oxygens (including phenoxy) is 4. The monoisotopic (exact) mass is 1520 g/mol. The van der Waals surface area contributed by atoms with Gasteiger partial charge in [-0.3, -0.25) is 37.3 Å². The molecule has 0 aromatic rings. The number of aliphatic hydroxyl groups is 1. The number of hydrogen-bond acceptors (Lipinski definition) is 15. The van der Waals surface area contributed by atoms with Crippen LogP contribution in [0.3, 0.4) is 0 Å². The highest BCUT2D eigenvalue weighted by molar-refractivity contribution is 7.47. The van der Waals surface area contributed by atoms with Crippen molar-refractivity contribution in [3.63, 3.8) is 0 Å². The predicted molar refractivity (Wildman–Crippen MR) is 428 cm³/mol. The second-order valence-electron chi connectivity index (χ2n) is 31.3. The van der Waals surface area contributed by atoms with Crippen LogP contribution in [0.2, 0.25) is 0 Å². The molecule has 0 saturated heterocycles. The van der Waals surface area contributed by atoms with E-state index in [1.807, 2.05) is 0 Å². The molecule has 0 aliphatic rings. The Morgan fingerprint density at radius 1 is 0.279 bits per heavy atom. The molecule has 0 bridgehead atoms. The molecule has 0 amide bonds. The summed E-state index contributed by atoms with van der Waals surface area (Å²) < 4.78 is 68.9. The van der Waals surface area contributed by atoms with Crippen molar-refractivity contribution in [2.75, 3.05) is 39.6 Å². The highest BCUT2D eigenvalue weighted by Gasteiger charge is 2.30. The van der Waals surface area contributed by atoms with E-state index in [0.29, 0.717) is 25.7 Å². The Morgan fingerprint density at radius 3 is 0.731 bits per heavy atom. The maximum atomic E-state index is 13.1. The van der Waals surface area contributed by atoms with Crippen LogP contribution in [0.15, 0.2) is 0 Å². The molecule has 17 nitrogen and oxygen atoms in total. The topological polar surface area (TPSA) is 237 Å². The average Bonchev–Trinajstić information content (AvgIpc) is 0.905. The molecule has 0 saturated carbocycles. The number of carbonyl (C=O) groups is 4. The number of phosphoric ester groups is 2. The van der Waals surface area contributed by atoms with Crippen LogP contribution in [-0.4, -0.2) is 96.7 Å². The molecule has 3 unspecified atom stereocenters. The summed E-state index contributed by atoms with van der Waals surface area (Å²) in [4.78, 5) is 73.2. The van der Waals surface area contributed by atoms with Gasteiger partial charge < -0.3 is 33.8 Å². The Hall–Kier alpha value is -1.94. The van der Waals surface area contributed by atoms with Gasteiger partial charge in [0, 0.05) is 25.7 Å². The normalized spacial score (nSPS) is 14.1. The van der Waals surface area contributed by atoms with Crippen LogP contribution in [-0.2, 0) is 65.4 Å². The van der Waals surface area contributed by atoms with E-state index < -0.39 is 97.5 Å². The summed E-state index contributed by atoms with van der Waals surface area (Å²) >= 11 is 0. The van der Waals surface area contributed by atoms with E-state index in [1.165, 1.54) is 270 Å². The molecule has 618 valence electrons. The maximum Gasteiger partial charge on any atom is 0.472 e. The van der Waals surface area contributed by atoms with Crippen LogP contribution < -0.4 is 0 Å². The van der Waals surface area contributed by atoms with Gasteiger partial charge in [0.25, 0.3) is 0 Å². The van der Waals surface area contributed by atoms with Crippen molar-refractivity contribution in [2.24, 2.45) is 11.8 Å². The molecule has 0 radical (unpaired) electrons. The van der Waals surface area contributed by atoms with Gasteiger partial charge in [-0.15, -0.1) is 0 Å². The summed E-state index contributed by atoms with van der Waals surface area (Å²) in [5, 5.41) is 10.7. The van der Waals surface area contributed by atoms with Crippen molar-refractivity contribution in [3.8, 4) is 0 Å². The Morgan fingerprint density at radius 2 is 0.490 bits per heavy atom. The average molecular weight is 1520 g/mol. The number of rotatable bonds is 84. The number of phosphoric acid groups is 2. The Balaban J connectivity index is 5.24. The largest absolute Gasteiger partial charge is 0.472 e. The zero-order chi connectivity index (χ0) is 76.4. The summed E-state index contributed by atoms with van der Waals surface area (Å²) in [6.45, 7) is 9.75. The van der Waals surface area contributed by atoms with E-state index in [0.717, 1.165) is 102 Å². The zero-order valence-electron chi connectivity index (χ0n) is 68.3. The van der Waals surface area contributed by atoms with E-state index in [2.05, 4.69) is 41.5 Å². The van der Waals surface area contributed by atoms with Crippen molar-refractivity contribution in [3.05, 3.63) is 0 Å². The van der Waals surface area contributed by atoms with Gasteiger partial charge >= 0.3 is 39.5 Å². The van der Waals surface area contributed by atoms with Gasteiger partial charge in [0.1, 0.15) is 19.3 Å². The minimum absolute atomic E-state index is 0.108. The van der Waals surface area contributed by atoms with Gasteiger partial charge in [-0.05, 0) is 37.5 Å². The lowest BCUT2D eigenvalue weighted by Gasteiger charge is -2.21. The zero-order valence-corrected chi connectivity index (χ0v) is 70.1. The Kier molecular flexibility index (Phi) is 75.0. The van der Waals surface area contributed by atoms with Crippen LogP contribution in [0.5, 0.6) is 0 Å². The number of aliphatic hydroxyl groups excluding tert-OH is 1.